The van der Waals surface area contributed by atoms with Gasteiger partial charge in [0.25, 0.3) is 0 Å². The highest BCUT2D eigenvalue weighted by atomic mass is 16.6. The number of Topliss-reactive ketones (excluding diaryl/α,β-unsaturated/α-hetero) is 1. The molecule has 1 aromatic rings. The van der Waals surface area contributed by atoms with Crippen LogP contribution in [-0.2, 0) is 9.53 Å². The van der Waals surface area contributed by atoms with Gasteiger partial charge < -0.3 is 20.5 Å². The molecule has 0 spiro atoms. The van der Waals surface area contributed by atoms with Crippen LogP contribution in [-0.4, -0.2) is 35.0 Å². The van der Waals surface area contributed by atoms with E-state index in [-0.39, 0.29) is 35.7 Å². The van der Waals surface area contributed by atoms with Gasteiger partial charge in [-0.05, 0) is 39.8 Å². The van der Waals surface area contributed by atoms with Crippen molar-refractivity contribution in [1.29, 1.82) is 0 Å². The SMILES string of the molecule is CC(=O)c1cccc(NC(=O)CCNC(=O)OC(C)(C)C)c1O. The first kappa shape index (κ1) is 18.5. The second-order valence-corrected chi connectivity index (χ2v) is 5.98. The number of hydrogen-bond acceptors (Lipinski definition) is 5. The molecule has 23 heavy (non-hydrogen) atoms. The highest BCUT2D eigenvalue weighted by Gasteiger charge is 2.16. The van der Waals surface area contributed by atoms with E-state index in [4.69, 9.17) is 4.74 Å². The summed E-state index contributed by atoms with van der Waals surface area (Å²) in [7, 11) is 0. The Bertz CT molecular complexity index is 605. The number of ketones is 1. The van der Waals surface area contributed by atoms with E-state index in [1.54, 1.807) is 26.8 Å². The van der Waals surface area contributed by atoms with E-state index >= 15 is 0 Å². The summed E-state index contributed by atoms with van der Waals surface area (Å²) in [6.07, 6.45) is -0.602. The quantitative estimate of drug-likeness (QED) is 0.570. The van der Waals surface area contributed by atoms with E-state index in [1.165, 1.54) is 19.1 Å². The van der Waals surface area contributed by atoms with Gasteiger partial charge in [-0.2, -0.15) is 0 Å². The summed E-state index contributed by atoms with van der Waals surface area (Å²) in [6, 6.07) is 4.52. The van der Waals surface area contributed by atoms with E-state index in [0.29, 0.717) is 0 Å². The summed E-state index contributed by atoms with van der Waals surface area (Å²) in [5, 5.41) is 14.9. The van der Waals surface area contributed by atoms with Crippen LogP contribution in [0.2, 0.25) is 0 Å². The van der Waals surface area contributed by atoms with E-state index in [9.17, 15) is 19.5 Å². The number of aromatic hydroxyl groups is 1. The molecule has 1 rings (SSSR count). The number of amides is 2. The zero-order chi connectivity index (χ0) is 17.6. The first-order valence-electron chi connectivity index (χ1n) is 7.20. The Labute approximate surface area is 135 Å². The third kappa shape index (κ3) is 6.37. The zero-order valence-electron chi connectivity index (χ0n) is 13.7. The number of carbonyl (C=O) groups excluding carboxylic acids is 3. The fourth-order valence-electron chi connectivity index (χ4n) is 1.73. The van der Waals surface area contributed by atoms with Gasteiger partial charge in [0, 0.05) is 13.0 Å². The van der Waals surface area contributed by atoms with Crippen LogP contribution in [0.3, 0.4) is 0 Å². The van der Waals surface area contributed by atoms with Gasteiger partial charge in [0.2, 0.25) is 5.91 Å². The van der Waals surface area contributed by atoms with E-state index in [1.807, 2.05) is 0 Å². The Morgan fingerprint density at radius 1 is 1.22 bits per heavy atom. The van der Waals surface area contributed by atoms with Crippen molar-refractivity contribution in [2.45, 2.75) is 39.7 Å². The lowest BCUT2D eigenvalue weighted by Gasteiger charge is -2.19. The summed E-state index contributed by atoms with van der Waals surface area (Å²) < 4.78 is 5.04. The van der Waals surface area contributed by atoms with Gasteiger partial charge >= 0.3 is 6.09 Å². The Hall–Kier alpha value is -2.57. The molecule has 3 N–H and O–H groups in total. The monoisotopic (exact) mass is 322 g/mol. The lowest BCUT2D eigenvalue weighted by molar-refractivity contribution is -0.116. The van der Waals surface area contributed by atoms with Gasteiger partial charge in [0.1, 0.15) is 11.4 Å². The molecule has 2 amide bonds. The second kappa shape index (κ2) is 7.62. The number of para-hydroxylation sites is 1. The fraction of sp³-hybridized carbons (Fsp3) is 0.438. The minimum absolute atomic E-state index is 0.00296. The lowest BCUT2D eigenvalue weighted by Crippen LogP contribution is -2.34. The zero-order valence-corrected chi connectivity index (χ0v) is 13.7. The highest BCUT2D eigenvalue weighted by molar-refractivity contribution is 6.01. The average Bonchev–Trinajstić information content (AvgIpc) is 2.38. The van der Waals surface area contributed by atoms with Crippen molar-refractivity contribution in [1.82, 2.24) is 5.32 Å². The standard InChI is InChI=1S/C16H22N2O5/c1-10(19)11-6-5-7-12(14(11)21)18-13(20)8-9-17-15(22)23-16(2,3)4/h5-7,21H,8-9H2,1-4H3,(H,17,22)(H,18,20). The lowest BCUT2D eigenvalue weighted by atomic mass is 10.1. The molecular weight excluding hydrogens is 300 g/mol. The maximum atomic E-state index is 11.8. The van der Waals surface area contributed by atoms with Crippen molar-refractivity contribution in [3.63, 3.8) is 0 Å². The van der Waals surface area contributed by atoms with E-state index in [0.717, 1.165) is 0 Å². The van der Waals surface area contributed by atoms with Crippen LogP contribution in [0.25, 0.3) is 0 Å². The average molecular weight is 322 g/mol. The normalized spacial score (nSPS) is 10.8. The second-order valence-electron chi connectivity index (χ2n) is 5.98. The highest BCUT2D eigenvalue weighted by Crippen LogP contribution is 2.27. The van der Waals surface area contributed by atoms with E-state index in [2.05, 4.69) is 10.6 Å². The van der Waals surface area contributed by atoms with E-state index < -0.39 is 17.6 Å². The topological polar surface area (TPSA) is 105 Å². The smallest absolute Gasteiger partial charge is 0.407 e. The maximum absolute atomic E-state index is 11.8. The number of phenolic OH excluding ortho intramolecular Hbond substituents is 1. The summed E-state index contributed by atoms with van der Waals surface area (Å²) in [4.78, 5) is 34.6. The molecule has 0 aliphatic carbocycles. The van der Waals surface area contributed by atoms with Crippen molar-refractivity contribution in [3.05, 3.63) is 23.8 Å². The predicted octanol–water partition coefficient (Wildman–Crippen LogP) is 2.45. The number of nitrogens with one attached hydrogen (secondary N) is 2. The molecule has 0 atom stereocenters. The molecule has 126 valence electrons. The molecule has 7 heteroatoms. The minimum Gasteiger partial charge on any atom is -0.505 e. The molecule has 0 radical (unpaired) electrons. The summed E-state index contributed by atoms with van der Waals surface area (Å²) in [5.41, 5.74) is -0.319. The van der Waals surface area contributed by atoms with Crippen LogP contribution in [0.5, 0.6) is 5.75 Å². The number of ether oxygens (including phenoxy) is 1. The Morgan fingerprint density at radius 2 is 1.87 bits per heavy atom. The first-order valence-corrected chi connectivity index (χ1v) is 7.20. The molecule has 0 saturated heterocycles. The Morgan fingerprint density at radius 3 is 2.43 bits per heavy atom. The Kier molecular flexibility index (Phi) is 6.12. The third-order valence-electron chi connectivity index (χ3n) is 2.71. The molecule has 0 saturated carbocycles. The van der Waals surface area contributed by atoms with Crippen LogP contribution in [0, 0.1) is 0 Å². The number of alkyl carbamates (subject to hydrolysis) is 1. The third-order valence-corrected chi connectivity index (χ3v) is 2.71. The summed E-state index contributed by atoms with van der Waals surface area (Å²) in [6.45, 7) is 6.64. The van der Waals surface area contributed by atoms with Crippen molar-refractivity contribution < 1.29 is 24.2 Å². The maximum Gasteiger partial charge on any atom is 0.407 e. The van der Waals surface area contributed by atoms with Crippen LogP contribution >= 0.6 is 0 Å². The van der Waals surface area contributed by atoms with Gasteiger partial charge in [0.05, 0.1) is 11.3 Å². The largest absolute Gasteiger partial charge is 0.505 e. The minimum atomic E-state index is -0.606. The molecule has 1 aromatic carbocycles. The van der Waals surface area contributed by atoms with Crippen molar-refractivity contribution in [3.8, 4) is 5.75 Å². The molecule has 0 aromatic heterocycles. The first-order chi connectivity index (χ1) is 10.6. The summed E-state index contributed by atoms with van der Waals surface area (Å²) >= 11 is 0. The number of hydrogen-bond donors (Lipinski definition) is 3. The van der Waals surface area contributed by atoms with Crippen molar-refractivity contribution in [2.24, 2.45) is 0 Å². The fourth-order valence-corrected chi connectivity index (χ4v) is 1.73. The van der Waals surface area contributed by atoms with Crippen molar-refractivity contribution in [2.75, 3.05) is 11.9 Å². The molecule has 0 unspecified atom stereocenters. The van der Waals surface area contributed by atoms with Gasteiger partial charge in [-0.3, -0.25) is 9.59 Å². The van der Waals surface area contributed by atoms with Crippen LogP contribution in [0.4, 0.5) is 10.5 Å². The number of benzene rings is 1. The molecule has 0 heterocycles. The van der Waals surface area contributed by atoms with Gasteiger partial charge in [-0.25, -0.2) is 4.79 Å². The summed E-state index contributed by atoms with van der Waals surface area (Å²) in [5.74, 6) is -0.976. The van der Waals surface area contributed by atoms with Gasteiger partial charge in [-0.1, -0.05) is 6.07 Å². The van der Waals surface area contributed by atoms with Crippen LogP contribution in [0.1, 0.15) is 44.5 Å². The molecular formula is C16H22N2O5. The van der Waals surface area contributed by atoms with Crippen molar-refractivity contribution >= 4 is 23.5 Å². The van der Waals surface area contributed by atoms with Gasteiger partial charge in [-0.15, -0.1) is 0 Å². The van der Waals surface area contributed by atoms with Crippen LogP contribution < -0.4 is 10.6 Å². The molecule has 0 bridgehead atoms. The number of phenols is 1. The Balaban J connectivity index is 2.51. The van der Waals surface area contributed by atoms with Crippen LogP contribution in [0.15, 0.2) is 18.2 Å². The predicted molar refractivity (Wildman–Crippen MR) is 85.6 cm³/mol. The molecule has 0 aliphatic rings. The van der Waals surface area contributed by atoms with Gasteiger partial charge in [0.15, 0.2) is 5.78 Å². The molecule has 0 fully saturated rings. The molecule has 7 nitrogen and oxygen atoms in total. The number of anilines is 1. The number of carbonyl (C=O) groups is 3. The number of rotatable bonds is 5. The molecule has 0 aliphatic heterocycles.